The number of amides is 1. The maximum absolute atomic E-state index is 11.5. The monoisotopic (exact) mass is 263 g/mol. The number of rotatable bonds is 6. The topological polar surface area (TPSA) is 38.3 Å². The van der Waals surface area contributed by atoms with Gasteiger partial charge < -0.3 is 10.1 Å². The summed E-state index contributed by atoms with van der Waals surface area (Å²) < 4.78 is 5.72. The van der Waals surface area contributed by atoms with Crippen molar-refractivity contribution in [3.05, 3.63) is 29.3 Å². The minimum Gasteiger partial charge on any atom is -0.493 e. The van der Waals surface area contributed by atoms with E-state index in [1.54, 1.807) is 0 Å². The Morgan fingerprint density at radius 2 is 1.95 bits per heavy atom. The standard InChI is InChI=1S/C16H25NO2/c1-11(2)14-7-6-13(5)15(10-14)19-9-8-16(18)17-12(3)4/h6-7,10-12H,8-9H2,1-5H3,(H,17,18). The van der Waals surface area contributed by atoms with Crippen LogP contribution in [0.1, 0.15) is 51.2 Å². The Labute approximate surface area is 116 Å². The van der Waals surface area contributed by atoms with E-state index >= 15 is 0 Å². The molecule has 1 aromatic carbocycles. The van der Waals surface area contributed by atoms with Crippen molar-refractivity contribution in [2.24, 2.45) is 0 Å². The minimum atomic E-state index is 0.0349. The molecule has 0 saturated carbocycles. The molecule has 0 aliphatic carbocycles. The lowest BCUT2D eigenvalue weighted by atomic mass is 10.0. The Bertz CT molecular complexity index is 425. The Hall–Kier alpha value is -1.51. The first-order chi connectivity index (χ1) is 8.90. The summed E-state index contributed by atoms with van der Waals surface area (Å²) in [4.78, 5) is 11.5. The smallest absolute Gasteiger partial charge is 0.223 e. The van der Waals surface area contributed by atoms with Crippen molar-refractivity contribution in [1.82, 2.24) is 5.32 Å². The second kappa shape index (κ2) is 7.17. The zero-order valence-corrected chi connectivity index (χ0v) is 12.6. The highest BCUT2D eigenvalue weighted by Crippen LogP contribution is 2.24. The molecule has 0 unspecified atom stereocenters. The molecule has 0 spiro atoms. The zero-order valence-electron chi connectivity index (χ0n) is 12.6. The van der Waals surface area contributed by atoms with Crippen LogP contribution < -0.4 is 10.1 Å². The van der Waals surface area contributed by atoms with E-state index in [0.29, 0.717) is 18.9 Å². The molecule has 0 aliphatic rings. The van der Waals surface area contributed by atoms with Gasteiger partial charge in [-0.2, -0.15) is 0 Å². The highest BCUT2D eigenvalue weighted by atomic mass is 16.5. The van der Waals surface area contributed by atoms with Crippen LogP contribution in [0.4, 0.5) is 0 Å². The van der Waals surface area contributed by atoms with Gasteiger partial charge >= 0.3 is 0 Å². The van der Waals surface area contributed by atoms with Crippen LogP contribution in [0.3, 0.4) is 0 Å². The van der Waals surface area contributed by atoms with Crippen LogP contribution in [-0.4, -0.2) is 18.6 Å². The fraction of sp³-hybridized carbons (Fsp3) is 0.562. The number of hydrogen-bond donors (Lipinski definition) is 1. The Morgan fingerprint density at radius 3 is 2.53 bits per heavy atom. The molecule has 1 aromatic rings. The van der Waals surface area contributed by atoms with Crippen molar-refractivity contribution < 1.29 is 9.53 Å². The van der Waals surface area contributed by atoms with Gasteiger partial charge in [0.1, 0.15) is 5.75 Å². The Kier molecular flexibility index (Phi) is 5.87. The van der Waals surface area contributed by atoms with E-state index in [4.69, 9.17) is 4.74 Å². The fourth-order valence-corrected chi connectivity index (χ4v) is 1.78. The third kappa shape index (κ3) is 5.33. The van der Waals surface area contributed by atoms with Gasteiger partial charge in [-0.3, -0.25) is 4.79 Å². The second-order valence-corrected chi connectivity index (χ2v) is 5.50. The predicted molar refractivity (Wildman–Crippen MR) is 78.7 cm³/mol. The molecule has 0 aromatic heterocycles. The van der Waals surface area contributed by atoms with E-state index in [1.807, 2.05) is 20.8 Å². The van der Waals surface area contributed by atoms with E-state index in [0.717, 1.165) is 11.3 Å². The van der Waals surface area contributed by atoms with E-state index in [-0.39, 0.29) is 11.9 Å². The number of carbonyl (C=O) groups is 1. The summed E-state index contributed by atoms with van der Waals surface area (Å²) in [6.07, 6.45) is 0.392. The average molecular weight is 263 g/mol. The van der Waals surface area contributed by atoms with Gasteiger partial charge in [0.25, 0.3) is 0 Å². The number of aryl methyl sites for hydroxylation is 1. The van der Waals surface area contributed by atoms with Gasteiger partial charge in [0.05, 0.1) is 13.0 Å². The van der Waals surface area contributed by atoms with Crippen molar-refractivity contribution in [3.8, 4) is 5.75 Å². The van der Waals surface area contributed by atoms with E-state index in [1.165, 1.54) is 5.56 Å². The molecule has 1 N–H and O–H groups in total. The molecule has 0 fully saturated rings. The number of carbonyl (C=O) groups excluding carboxylic acids is 1. The van der Waals surface area contributed by atoms with E-state index in [2.05, 4.69) is 37.4 Å². The highest BCUT2D eigenvalue weighted by Gasteiger charge is 2.07. The highest BCUT2D eigenvalue weighted by molar-refractivity contribution is 5.76. The summed E-state index contributed by atoms with van der Waals surface area (Å²) in [7, 11) is 0. The molecule has 106 valence electrons. The molecule has 3 heteroatoms. The number of nitrogens with one attached hydrogen (secondary N) is 1. The number of ether oxygens (including phenoxy) is 1. The largest absolute Gasteiger partial charge is 0.493 e. The lowest BCUT2D eigenvalue weighted by molar-refractivity contribution is -0.122. The normalized spacial score (nSPS) is 10.9. The summed E-state index contributed by atoms with van der Waals surface area (Å²) in [6.45, 7) is 10.7. The Balaban J connectivity index is 2.53. The number of hydrogen-bond acceptors (Lipinski definition) is 2. The van der Waals surface area contributed by atoms with Crippen molar-refractivity contribution >= 4 is 5.91 Å². The first-order valence-electron chi connectivity index (χ1n) is 6.93. The van der Waals surface area contributed by atoms with Crippen LogP contribution in [0.15, 0.2) is 18.2 Å². The quantitative estimate of drug-likeness (QED) is 0.854. The summed E-state index contributed by atoms with van der Waals surface area (Å²) in [5.41, 5.74) is 2.36. The molecule has 0 atom stereocenters. The Morgan fingerprint density at radius 1 is 1.26 bits per heavy atom. The van der Waals surface area contributed by atoms with E-state index in [9.17, 15) is 4.79 Å². The molecular formula is C16H25NO2. The summed E-state index contributed by atoms with van der Waals surface area (Å²) in [5.74, 6) is 1.39. The maximum Gasteiger partial charge on any atom is 0.223 e. The minimum absolute atomic E-state index is 0.0349. The third-order valence-corrected chi connectivity index (χ3v) is 2.92. The molecule has 0 aliphatic heterocycles. The third-order valence-electron chi connectivity index (χ3n) is 2.92. The van der Waals surface area contributed by atoms with Gasteiger partial charge in [0, 0.05) is 6.04 Å². The molecule has 1 amide bonds. The number of benzene rings is 1. The van der Waals surface area contributed by atoms with Gasteiger partial charge in [0.2, 0.25) is 5.91 Å². The van der Waals surface area contributed by atoms with Crippen LogP contribution in [0.25, 0.3) is 0 Å². The molecule has 0 bridgehead atoms. The van der Waals surface area contributed by atoms with Crippen molar-refractivity contribution in [3.63, 3.8) is 0 Å². The molecule has 1 rings (SSSR count). The maximum atomic E-state index is 11.5. The second-order valence-electron chi connectivity index (χ2n) is 5.50. The van der Waals surface area contributed by atoms with E-state index < -0.39 is 0 Å². The zero-order chi connectivity index (χ0) is 14.4. The van der Waals surface area contributed by atoms with Gasteiger partial charge in [0.15, 0.2) is 0 Å². The lowest BCUT2D eigenvalue weighted by Gasteiger charge is -2.13. The van der Waals surface area contributed by atoms with Crippen molar-refractivity contribution in [1.29, 1.82) is 0 Å². The lowest BCUT2D eigenvalue weighted by Crippen LogP contribution is -2.31. The van der Waals surface area contributed by atoms with Crippen LogP contribution >= 0.6 is 0 Å². The predicted octanol–water partition coefficient (Wildman–Crippen LogP) is 3.41. The molecule has 0 radical (unpaired) electrons. The van der Waals surface area contributed by atoms with Gasteiger partial charge in [-0.15, -0.1) is 0 Å². The summed E-state index contributed by atoms with van der Waals surface area (Å²) >= 11 is 0. The summed E-state index contributed by atoms with van der Waals surface area (Å²) in [5, 5.41) is 2.85. The molecule has 19 heavy (non-hydrogen) atoms. The van der Waals surface area contributed by atoms with Crippen LogP contribution in [-0.2, 0) is 4.79 Å². The first-order valence-corrected chi connectivity index (χ1v) is 6.93. The van der Waals surface area contributed by atoms with Gasteiger partial charge in [-0.05, 0) is 43.9 Å². The molecule has 0 saturated heterocycles. The van der Waals surface area contributed by atoms with Crippen LogP contribution in [0.2, 0.25) is 0 Å². The van der Waals surface area contributed by atoms with Crippen molar-refractivity contribution in [2.45, 2.75) is 53.0 Å². The SMILES string of the molecule is Cc1ccc(C(C)C)cc1OCCC(=O)NC(C)C. The van der Waals surface area contributed by atoms with Crippen molar-refractivity contribution in [2.75, 3.05) is 6.61 Å². The summed E-state index contributed by atoms with van der Waals surface area (Å²) in [6, 6.07) is 6.44. The molecule has 3 nitrogen and oxygen atoms in total. The first kappa shape index (κ1) is 15.5. The van der Waals surface area contributed by atoms with Crippen LogP contribution in [0.5, 0.6) is 5.75 Å². The fourth-order valence-electron chi connectivity index (χ4n) is 1.78. The molecule has 0 heterocycles. The van der Waals surface area contributed by atoms with Gasteiger partial charge in [-0.1, -0.05) is 26.0 Å². The van der Waals surface area contributed by atoms with Gasteiger partial charge in [-0.25, -0.2) is 0 Å². The molecular weight excluding hydrogens is 238 g/mol. The average Bonchev–Trinajstić information content (AvgIpc) is 2.30. The van der Waals surface area contributed by atoms with Crippen LogP contribution in [0, 0.1) is 6.92 Å².